The summed E-state index contributed by atoms with van der Waals surface area (Å²) in [6, 6.07) is 0.168. The highest BCUT2D eigenvalue weighted by atomic mass is 16.7. The van der Waals surface area contributed by atoms with Crippen LogP contribution in [-0.4, -0.2) is 54.6 Å². The maximum Gasteiger partial charge on any atom is 0.229 e. The summed E-state index contributed by atoms with van der Waals surface area (Å²) in [6.45, 7) is 10.8. The summed E-state index contributed by atoms with van der Waals surface area (Å²) in [5.74, 6) is 3.83. The van der Waals surface area contributed by atoms with Crippen molar-refractivity contribution in [1.29, 1.82) is 0 Å². The van der Waals surface area contributed by atoms with E-state index in [2.05, 4.69) is 38.3 Å². The van der Waals surface area contributed by atoms with Crippen molar-refractivity contribution in [3.05, 3.63) is 0 Å². The Bertz CT molecular complexity index is 949. The zero-order valence-corrected chi connectivity index (χ0v) is 24.7. The highest BCUT2D eigenvalue weighted by Crippen LogP contribution is 2.71. The molecule has 2 saturated heterocycles. The Kier molecular flexibility index (Phi) is 7.36. The van der Waals surface area contributed by atoms with Crippen LogP contribution in [0.15, 0.2) is 0 Å². The summed E-state index contributed by atoms with van der Waals surface area (Å²) >= 11 is 0. The van der Waals surface area contributed by atoms with Gasteiger partial charge in [-0.2, -0.15) is 0 Å². The normalized spacial score (nSPS) is 50.4. The van der Waals surface area contributed by atoms with Gasteiger partial charge in [0.25, 0.3) is 0 Å². The quantitative estimate of drug-likeness (QED) is 0.446. The van der Waals surface area contributed by atoms with E-state index in [1.54, 1.807) is 0 Å². The molecule has 220 valence electrons. The Morgan fingerprint density at radius 1 is 0.923 bits per heavy atom. The van der Waals surface area contributed by atoms with Crippen LogP contribution in [0.25, 0.3) is 0 Å². The van der Waals surface area contributed by atoms with Crippen LogP contribution >= 0.6 is 0 Å². The molecule has 2 heterocycles. The third kappa shape index (κ3) is 4.57. The fourth-order valence-electron chi connectivity index (χ4n) is 11.1. The molecule has 12 atom stereocenters. The lowest BCUT2D eigenvalue weighted by Crippen LogP contribution is -2.56. The molecule has 1 spiro atoms. The van der Waals surface area contributed by atoms with Gasteiger partial charge < -0.3 is 25.2 Å². The Labute approximate surface area is 234 Å². The van der Waals surface area contributed by atoms with Gasteiger partial charge in [-0.25, -0.2) is 0 Å². The lowest BCUT2D eigenvalue weighted by Gasteiger charge is -2.61. The van der Waals surface area contributed by atoms with E-state index in [4.69, 9.17) is 14.6 Å². The number of ether oxygens (including phenoxy) is 2. The van der Waals surface area contributed by atoms with E-state index in [0.29, 0.717) is 40.6 Å². The van der Waals surface area contributed by atoms with E-state index in [1.165, 1.54) is 44.9 Å². The number of rotatable bonds is 5. The largest absolute Gasteiger partial charge is 0.395 e. The molecule has 0 radical (unpaired) electrons. The second-order valence-corrected chi connectivity index (χ2v) is 15.0. The van der Waals surface area contributed by atoms with E-state index in [0.717, 1.165) is 43.6 Å². The molecule has 0 aromatic rings. The molecule has 3 N–H and O–H groups in total. The predicted molar refractivity (Wildman–Crippen MR) is 148 cm³/mol. The Hall–Kier alpha value is -1.18. The number of hydrogen-bond donors (Lipinski definition) is 3. The van der Waals surface area contributed by atoms with Crippen molar-refractivity contribution < 1.29 is 24.2 Å². The Morgan fingerprint density at radius 2 is 1.72 bits per heavy atom. The maximum atomic E-state index is 12.5. The topological polar surface area (TPSA) is 96.9 Å². The third-order valence-corrected chi connectivity index (χ3v) is 13.1. The number of carbonyl (C=O) groups excluding carboxylic acids is 2. The molecule has 2 amide bonds. The van der Waals surface area contributed by atoms with Crippen LogP contribution in [-0.2, 0) is 19.1 Å². The number of fused-ring (bicyclic) bond motifs is 7. The summed E-state index contributed by atoms with van der Waals surface area (Å²) in [4.78, 5) is 24.4. The summed E-state index contributed by atoms with van der Waals surface area (Å²) in [5.41, 5.74) is 0.699. The van der Waals surface area contributed by atoms with Crippen molar-refractivity contribution in [2.45, 2.75) is 116 Å². The van der Waals surface area contributed by atoms with Crippen molar-refractivity contribution in [3.8, 4) is 0 Å². The third-order valence-electron chi connectivity index (χ3n) is 13.1. The average molecular weight is 545 g/mol. The van der Waals surface area contributed by atoms with Gasteiger partial charge in [-0.15, -0.1) is 0 Å². The van der Waals surface area contributed by atoms with Crippen LogP contribution in [0.5, 0.6) is 0 Å². The summed E-state index contributed by atoms with van der Waals surface area (Å²) < 4.78 is 13.4. The standard InChI is InChI=1S/C32H52N2O5/c1-19-7-12-32(38-18-19)20(2)29-26(39-32)16-25-23-6-5-21-15-22(34-28(37)17-27(36)33-13-14-35)8-10-30(21,3)24(23)9-11-31(25,29)4/h19-26,29,35H,5-18H2,1-4H3,(H,33,36)(H,34,37)/t19-,20-,21+,22+,23+,24-,25-,26-,29-,30-,31-,32+/m0/s1. The van der Waals surface area contributed by atoms with E-state index in [9.17, 15) is 9.59 Å². The van der Waals surface area contributed by atoms with Crippen LogP contribution in [0.2, 0.25) is 0 Å². The first kappa shape index (κ1) is 28.0. The average Bonchev–Trinajstić information content (AvgIpc) is 3.34. The molecule has 4 saturated carbocycles. The van der Waals surface area contributed by atoms with Gasteiger partial charge in [-0.1, -0.05) is 27.7 Å². The molecule has 7 heteroatoms. The highest BCUT2D eigenvalue weighted by molar-refractivity contribution is 5.96. The Balaban J connectivity index is 1.10. The van der Waals surface area contributed by atoms with Gasteiger partial charge in [-0.05, 0) is 104 Å². The lowest BCUT2D eigenvalue weighted by atomic mass is 9.44. The fraction of sp³-hybridized carbons (Fsp3) is 0.938. The number of aliphatic hydroxyl groups is 1. The fourth-order valence-corrected chi connectivity index (χ4v) is 11.1. The van der Waals surface area contributed by atoms with Gasteiger partial charge in [0.05, 0.1) is 19.3 Å². The van der Waals surface area contributed by atoms with Crippen LogP contribution in [0.4, 0.5) is 0 Å². The minimum absolute atomic E-state index is 0.111. The molecule has 2 aliphatic heterocycles. The van der Waals surface area contributed by atoms with Gasteiger partial charge in [0.15, 0.2) is 5.79 Å². The first-order valence-corrected chi connectivity index (χ1v) is 16.1. The molecule has 6 aliphatic rings. The number of amides is 2. The van der Waals surface area contributed by atoms with Gasteiger partial charge in [0.2, 0.25) is 11.8 Å². The second kappa shape index (κ2) is 10.3. The first-order chi connectivity index (χ1) is 18.6. The molecule has 0 aromatic heterocycles. The zero-order valence-electron chi connectivity index (χ0n) is 24.7. The van der Waals surface area contributed by atoms with Crippen LogP contribution in [0.3, 0.4) is 0 Å². The monoisotopic (exact) mass is 544 g/mol. The molecule has 0 bridgehead atoms. The molecule has 0 aromatic carbocycles. The van der Waals surface area contributed by atoms with E-state index in [1.807, 2.05) is 0 Å². The molecule has 6 rings (SSSR count). The van der Waals surface area contributed by atoms with Crippen LogP contribution in [0, 0.1) is 52.3 Å². The van der Waals surface area contributed by atoms with Crippen LogP contribution in [0.1, 0.15) is 98.3 Å². The maximum absolute atomic E-state index is 12.5. The second-order valence-electron chi connectivity index (χ2n) is 15.0. The smallest absolute Gasteiger partial charge is 0.229 e. The summed E-state index contributed by atoms with van der Waals surface area (Å²) in [7, 11) is 0. The van der Waals surface area contributed by atoms with Gasteiger partial charge in [0, 0.05) is 24.9 Å². The Morgan fingerprint density at radius 3 is 2.46 bits per heavy atom. The van der Waals surface area contributed by atoms with Gasteiger partial charge >= 0.3 is 0 Å². The van der Waals surface area contributed by atoms with Crippen molar-refractivity contribution in [2.24, 2.45) is 52.3 Å². The SMILES string of the molecule is C[C@H]1CC[C@@]2(OC1)O[C@H]1C[C@H]3[C@@H]4CC[C@@H]5C[C@H](NC(=O)CC(=O)NCCO)CC[C@]5(C)[C@H]4CC[C@]3(C)[C@H]1[C@@H]2C. The molecule has 6 fully saturated rings. The molecule has 4 aliphatic carbocycles. The van der Waals surface area contributed by atoms with Crippen molar-refractivity contribution in [3.63, 3.8) is 0 Å². The van der Waals surface area contributed by atoms with E-state index >= 15 is 0 Å². The van der Waals surface area contributed by atoms with Gasteiger partial charge in [0.1, 0.15) is 6.42 Å². The molecule has 39 heavy (non-hydrogen) atoms. The van der Waals surface area contributed by atoms with Crippen molar-refractivity contribution >= 4 is 11.8 Å². The number of hydrogen-bond acceptors (Lipinski definition) is 5. The first-order valence-electron chi connectivity index (χ1n) is 16.1. The molecular formula is C32H52N2O5. The molecule has 0 unspecified atom stereocenters. The number of carbonyl (C=O) groups is 2. The van der Waals surface area contributed by atoms with Crippen LogP contribution < -0.4 is 10.6 Å². The zero-order chi connectivity index (χ0) is 27.6. The number of aliphatic hydroxyl groups excluding tert-OH is 1. The van der Waals surface area contributed by atoms with Gasteiger partial charge in [-0.3, -0.25) is 9.59 Å². The van der Waals surface area contributed by atoms with Crippen molar-refractivity contribution in [1.82, 2.24) is 10.6 Å². The highest BCUT2D eigenvalue weighted by Gasteiger charge is 2.69. The minimum Gasteiger partial charge on any atom is -0.395 e. The molecule has 7 nitrogen and oxygen atoms in total. The predicted octanol–water partition coefficient (Wildman–Crippen LogP) is 4.42. The summed E-state index contributed by atoms with van der Waals surface area (Å²) in [6.07, 6.45) is 12.1. The minimum atomic E-state index is -0.335. The van der Waals surface area contributed by atoms with E-state index < -0.39 is 0 Å². The summed E-state index contributed by atoms with van der Waals surface area (Å²) in [5, 5.41) is 14.6. The van der Waals surface area contributed by atoms with Crippen molar-refractivity contribution in [2.75, 3.05) is 19.8 Å². The number of nitrogens with one attached hydrogen (secondary N) is 2. The van der Waals surface area contributed by atoms with E-state index in [-0.39, 0.29) is 43.2 Å². The molecular weight excluding hydrogens is 492 g/mol. The lowest BCUT2D eigenvalue weighted by molar-refractivity contribution is -0.273.